The number of nitrogens with zero attached hydrogens (tertiary/aromatic N) is 3. The fraction of sp³-hybridized carbons (Fsp3) is 0.471. The van der Waals surface area contributed by atoms with Gasteiger partial charge in [0.1, 0.15) is 11.6 Å². The molecule has 1 fully saturated rings. The zero-order chi connectivity index (χ0) is 17.1. The van der Waals surface area contributed by atoms with Crippen molar-refractivity contribution in [2.75, 3.05) is 26.2 Å². The second-order valence-electron chi connectivity index (χ2n) is 6.13. The van der Waals surface area contributed by atoms with Crippen LogP contribution < -0.4 is 5.56 Å². The molecule has 3 rings (SSSR count). The second-order valence-corrected chi connectivity index (χ2v) is 6.13. The summed E-state index contributed by atoms with van der Waals surface area (Å²) in [4.78, 5) is 35.5. The number of hydrogen-bond acceptors (Lipinski definition) is 5. The molecule has 0 spiro atoms. The summed E-state index contributed by atoms with van der Waals surface area (Å²) in [7, 11) is 0. The van der Waals surface area contributed by atoms with Crippen LogP contribution in [0.3, 0.4) is 0 Å². The van der Waals surface area contributed by atoms with E-state index in [0.29, 0.717) is 30.2 Å². The molecule has 7 heteroatoms. The molecule has 0 aliphatic carbocycles. The number of piperazine rings is 1. The summed E-state index contributed by atoms with van der Waals surface area (Å²) in [6.07, 6.45) is 1.78. The third-order valence-corrected chi connectivity index (χ3v) is 4.35. The van der Waals surface area contributed by atoms with Crippen molar-refractivity contribution in [1.82, 2.24) is 19.8 Å². The van der Waals surface area contributed by atoms with E-state index in [0.717, 1.165) is 25.4 Å². The van der Waals surface area contributed by atoms with Crippen LogP contribution in [0.1, 0.15) is 22.8 Å². The molecule has 0 radical (unpaired) electrons. The van der Waals surface area contributed by atoms with Crippen LogP contribution in [0.25, 0.3) is 0 Å². The van der Waals surface area contributed by atoms with E-state index in [-0.39, 0.29) is 17.9 Å². The van der Waals surface area contributed by atoms with Crippen LogP contribution in [-0.2, 0) is 17.8 Å². The van der Waals surface area contributed by atoms with Gasteiger partial charge in [-0.15, -0.1) is 0 Å². The maximum atomic E-state index is 12.5. The highest BCUT2D eigenvalue weighted by atomic mass is 16.3. The van der Waals surface area contributed by atoms with Crippen molar-refractivity contribution in [2.24, 2.45) is 0 Å². The summed E-state index contributed by atoms with van der Waals surface area (Å²) >= 11 is 0. The Hall–Kier alpha value is -2.41. The maximum Gasteiger partial charge on any atom is 0.254 e. The largest absolute Gasteiger partial charge is 0.468 e. The molecule has 0 atom stereocenters. The fourth-order valence-corrected chi connectivity index (χ4v) is 3.00. The van der Waals surface area contributed by atoms with Crippen LogP contribution in [0.5, 0.6) is 0 Å². The fourth-order valence-electron chi connectivity index (χ4n) is 3.00. The Morgan fingerprint density at radius 1 is 1.29 bits per heavy atom. The normalized spacial score (nSPS) is 15.7. The quantitative estimate of drug-likeness (QED) is 0.899. The van der Waals surface area contributed by atoms with Gasteiger partial charge in [-0.1, -0.05) is 0 Å². The number of H-pyrrole nitrogens is 1. The zero-order valence-corrected chi connectivity index (χ0v) is 14.0. The van der Waals surface area contributed by atoms with Crippen LogP contribution in [0.15, 0.2) is 27.6 Å². The lowest BCUT2D eigenvalue weighted by molar-refractivity contribution is -0.132. The Kier molecular flexibility index (Phi) is 4.80. The summed E-state index contributed by atoms with van der Waals surface area (Å²) in [5.74, 6) is 1.48. The molecule has 1 aliphatic rings. The molecule has 0 saturated carbocycles. The Morgan fingerprint density at radius 3 is 2.67 bits per heavy atom. The van der Waals surface area contributed by atoms with E-state index in [1.807, 2.05) is 17.0 Å². The summed E-state index contributed by atoms with van der Waals surface area (Å²) in [5, 5.41) is 0. The number of rotatable bonds is 4. The number of nitrogens with one attached hydrogen (secondary N) is 1. The number of furan rings is 1. The third kappa shape index (κ3) is 3.73. The molecule has 7 nitrogen and oxygen atoms in total. The lowest BCUT2D eigenvalue weighted by Crippen LogP contribution is -2.49. The minimum atomic E-state index is -0.218. The summed E-state index contributed by atoms with van der Waals surface area (Å²) < 4.78 is 5.36. The van der Waals surface area contributed by atoms with Gasteiger partial charge < -0.3 is 14.3 Å². The molecule has 1 aliphatic heterocycles. The Bertz CT molecular complexity index is 759. The number of aryl methyl sites for hydroxylation is 2. The van der Waals surface area contributed by atoms with Gasteiger partial charge in [-0.25, -0.2) is 4.98 Å². The Labute approximate surface area is 140 Å². The minimum absolute atomic E-state index is 0.0214. The third-order valence-electron chi connectivity index (χ3n) is 4.35. The van der Waals surface area contributed by atoms with Crippen molar-refractivity contribution in [2.45, 2.75) is 26.8 Å². The molecular formula is C17H22N4O3. The number of carbonyl (C=O) groups excluding carboxylic acids is 1. The molecule has 2 aromatic heterocycles. The number of aromatic amines is 1. The van der Waals surface area contributed by atoms with Crippen LogP contribution >= 0.6 is 0 Å². The van der Waals surface area contributed by atoms with Gasteiger partial charge in [0.05, 0.1) is 19.2 Å². The first-order valence-corrected chi connectivity index (χ1v) is 8.12. The van der Waals surface area contributed by atoms with E-state index in [4.69, 9.17) is 4.42 Å². The lowest BCUT2D eigenvalue weighted by Gasteiger charge is -2.34. The molecule has 2 aromatic rings. The molecular weight excluding hydrogens is 308 g/mol. The van der Waals surface area contributed by atoms with Crippen molar-refractivity contribution in [3.63, 3.8) is 0 Å². The summed E-state index contributed by atoms with van der Waals surface area (Å²) in [6, 6.07) is 3.83. The smallest absolute Gasteiger partial charge is 0.254 e. The van der Waals surface area contributed by atoms with Crippen molar-refractivity contribution in [1.29, 1.82) is 0 Å². The van der Waals surface area contributed by atoms with Crippen molar-refractivity contribution in [3.05, 3.63) is 51.6 Å². The van der Waals surface area contributed by atoms with E-state index in [9.17, 15) is 9.59 Å². The topological polar surface area (TPSA) is 82.4 Å². The lowest BCUT2D eigenvalue weighted by atomic mass is 10.1. The Balaban J connectivity index is 1.57. The van der Waals surface area contributed by atoms with Crippen LogP contribution in [0, 0.1) is 13.8 Å². The van der Waals surface area contributed by atoms with Gasteiger partial charge in [-0.3, -0.25) is 14.5 Å². The van der Waals surface area contributed by atoms with E-state index in [2.05, 4.69) is 14.9 Å². The van der Waals surface area contributed by atoms with Crippen LogP contribution in [0.4, 0.5) is 0 Å². The van der Waals surface area contributed by atoms with E-state index in [1.54, 1.807) is 20.1 Å². The first kappa shape index (κ1) is 16.4. The molecule has 3 heterocycles. The van der Waals surface area contributed by atoms with Gasteiger partial charge in [0.25, 0.3) is 5.56 Å². The predicted molar refractivity (Wildman–Crippen MR) is 88.6 cm³/mol. The molecule has 0 bridgehead atoms. The van der Waals surface area contributed by atoms with Crippen LogP contribution in [0.2, 0.25) is 0 Å². The first-order valence-electron chi connectivity index (χ1n) is 8.12. The molecule has 0 unspecified atom stereocenters. The molecule has 128 valence electrons. The number of hydrogen-bond donors (Lipinski definition) is 1. The first-order chi connectivity index (χ1) is 11.5. The standard InChI is InChI=1S/C17H22N4O3/c1-12-15(17(23)19-13(2)18-12)10-16(22)21-7-5-20(6-8-21)11-14-4-3-9-24-14/h3-4,9H,5-8,10-11H2,1-2H3,(H,18,19,23). The SMILES string of the molecule is Cc1nc(C)c(CC(=O)N2CCN(Cc3ccco3)CC2)c(=O)[nH]1. The zero-order valence-electron chi connectivity index (χ0n) is 14.0. The Morgan fingerprint density at radius 2 is 2.04 bits per heavy atom. The van der Waals surface area contributed by atoms with E-state index in [1.165, 1.54) is 0 Å². The van der Waals surface area contributed by atoms with Gasteiger partial charge in [-0.2, -0.15) is 0 Å². The summed E-state index contributed by atoms with van der Waals surface area (Å²) in [6.45, 7) is 7.19. The van der Waals surface area contributed by atoms with Gasteiger partial charge in [0, 0.05) is 37.4 Å². The average Bonchev–Trinajstić information content (AvgIpc) is 3.04. The summed E-state index contributed by atoms with van der Waals surface area (Å²) in [5.41, 5.74) is 0.870. The van der Waals surface area contributed by atoms with Crippen molar-refractivity contribution in [3.8, 4) is 0 Å². The number of amides is 1. The van der Waals surface area contributed by atoms with Crippen molar-refractivity contribution >= 4 is 5.91 Å². The highest BCUT2D eigenvalue weighted by Crippen LogP contribution is 2.10. The average molecular weight is 330 g/mol. The minimum Gasteiger partial charge on any atom is -0.468 e. The molecule has 0 aromatic carbocycles. The predicted octanol–water partition coefficient (Wildman–Crippen LogP) is 0.867. The van der Waals surface area contributed by atoms with Gasteiger partial charge in [0.15, 0.2) is 0 Å². The van der Waals surface area contributed by atoms with Gasteiger partial charge in [-0.05, 0) is 26.0 Å². The number of carbonyl (C=O) groups is 1. The van der Waals surface area contributed by atoms with E-state index >= 15 is 0 Å². The molecule has 1 saturated heterocycles. The van der Waals surface area contributed by atoms with E-state index < -0.39 is 0 Å². The second kappa shape index (κ2) is 7.00. The number of aromatic nitrogens is 2. The van der Waals surface area contributed by atoms with Crippen molar-refractivity contribution < 1.29 is 9.21 Å². The van der Waals surface area contributed by atoms with Gasteiger partial charge >= 0.3 is 0 Å². The molecule has 24 heavy (non-hydrogen) atoms. The highest BCUT2D eigenvalue weighted by Gasteiger charge is 2.23. The molecule has 1 amide bonds. The van der Waals surface area contributed by atoms with Gasteiger partial charge in [0.2, 0.25) is 5.91 Å². The highest BCUT2D eigenvalue weighted by molar-refractivity contribution is 5.79. The monoisotopic (exact) mass is 330 g/mol. The molecule has 1 N–H and O–H groups in total. The maximum absolute atomic E-state index is 12.5. The van der Waals surface area contributed by atoms with Crippen LogP contribution in [-0.4, -0.2) is 51.9 Å².